The second-order valence-electron chi connectivity index (χ2n) is 4.98. The average molecular weight is 367 g/mol. The van der Waals surface area contributed by atoms with E-state index in [-0.39, 0.29) is 24.8 Å². The number of hydrogen-bond donors (Lipinski definition) is 2. The molecule has 0 saturated carbocycles. The Bertz CT molecular complexity index is 733. The fourth-order valence-corrected chi connectivity index (χ4v) is 2.36. The molecule has 2 aromatic rings. The molecular formula is C17H16Cl2N2O3. The first kappa shape index (κ1) is 18.1. The van der Waals surface area contributed by atoms with Gasteiger partial charge >= 0.3 is 0 Å². The zero-order valence-corrected chi connectivity index (χ0v) is 14.4. The van der Waals surface area contributed by atoms with Gasteiger partial charge in [-0.1, -0.05) is 35.3 Å². The Labute approximate surface area is 149 Å². The molecule has 0 radical (unpaired) electrons. The van der Waals surface area contributed by atoms with Crippen molar-refractivity contribution in [2.24, 2.45) is 0 Å². The summed E-state index contributed by atoms with van der Waals surface area (Å²) in [5, 5.41) is 6.21. The van der Waals surface area contributed by atoms with E-state index < -0.39 is 0 Å². The molecule has 5 nitrogen and oxygen atoms in total. The Balaban J connectivity index is 1.81. The lowest BCUT2D eigenvalue weighted by atomic mass is 10.1. The van der Waals surface area contributed by atoms with Gasteiger partial charge in [0.15, 0.2) is 0 Å². The Hall–Kier alpha value is -2.24. The molecule has 0 aromatic heterocycles. The van der Waals surface area contributed by atoms with Crippen molar-refractivity contribution in [1.29, 1.82) is 0 Å². The van der Waals surface area contributed by atoms with Gasteiger partial charge in [-0.25, -0.2) is 0 Å². The lowest BCUT2D eigenvalue weighted by molar-refractivity contribution is -0.123. The van der Waals surface area contributed by atoms with Crippen LogP contribution in [0.2, 0.25) is 10.0 Å². The summed E-state index contributed by atoms with van der Waals surface area (Å²) >= 11 is 11.8. The number of carbonyl (C=O) groups is 2. The van der Waals surface area contributed by atoms with Crippen molar-refractivity contribution in [2.45, 2.75) is 6.42 Å². The lowest BCUT2D eigenvalue weighted by Crippen LogP contribution is -2.33. The SMILES string of the molecule is COc1ccc(NC(=O)CNC(=O)Cc2ccc(Cl)cc2)cc1Cl. The lowest BCUT2D eigenvalue weighted by Gasteiger charge is -2.09. The van der Waals surface area contributed by atoms with Crippen LogP contribution in [-0.4, -0.2) is 25.5 Å². The molecule has 0 bridgehead atoms. The van der Waals surface area contributed by atoms with Gasteiger partial charge in [-0.05, 0) is 35.9 Å². The number of rotatable bonds is 6. The van der Waals surface area contributed by atoms with Crippen LogP contribution in [0.25, 0.3) is 0 Å². The molecule has 0 aliphatic rings. The zero-order valence-electron chi connectivity index (χ0n) is 12.9. The van der Waals surface area contributed by atoms with Gasteiger partial charge in [-0.15, -0.1) is 0 Å². The zero-order chi connectivity index (χ0) is 17.5. The second-order valence-corrected chi connectivity index (χ2v) is 5.82. The van der Waals surface area contributed by atoms with Crippen molar-refractivity contribution in [3.05, 3.63) is 58.1 Å². The summed E-state index contributed by atoms with van der Waals surface area (Å²) in [5.74, 6) is -0.0770. The number of halogens is 2. The molecule has 2 amide bonds. The summed E-state index contributed by atoms with van der Waals surface area (Å²) < 4.78 is 5.04. The van der Waals surface area contributed by atoms with E-state index in [2.05, 4.69) is 10.6 Å². The molecule has 2 N–H and O–H groups in total. The molecule has 0 unspecified atom stereocenters. The van der Waals surface area contributed by atoms with Gasteiger partial charge in [0.25, 0.3) is 0 Å². The predicted molar refractivity (Wildman–Crippen MR) is 94.8 cm³/mol. The number of amides is 2. The predicted octanol–water partition coefficient (Wildman–Crippen LogP) is 3.30. The third-order valence-corrected chi connectivity index (χ3v) is 3.71. The van der Waals surface area contributed by atoms with Crippen molar-refractivity contribution >= 4 is 40.7 Å². The first-order valence-corrected chi connectivity index (χ1v) is 7.88. The van der Waals surface area contributed by atoms with Crippen LogP contribution in [0.5, 0.6) is 5.75 Å². The van der Waals surface area contributed by atoms with Crippen LogP contribution in [0.15, 0.2) is 42.5 Å². The van der Waals surface area contributed by atoms with Crippen LogP contribution >= 0.6 is 23.2 Å². The average Bonchev–Trinajstić information content (AvgIpc) is 2.55. The first-order chi connectivity index (χ1) is 11.5. The summed E-state index contributed by atoms with van der Waals surface area (Å²) in [7, 11) is 1.51. The maximum Gasteiger partial charge on any atom is 0.243 e. The molecule has 7 heteroatoms. The van der Waals surface area contributed by atoms with E-state index >= 15 is 0 Å². The number of ether oxygens (including phenoxy) is 1. The molecule has 0 heterocycles. The van der Waals surface area contributed by atoms with Crippen LogP contribution in [0.1, 0.15) is 5.56 Å². The number of benzene rings is 2. The summed E-state index contributed by atoms with van der Waals surface area (Å²) in [6, 6.07) is 11.8. The van der Waals surface area contributed by atoms with Crippen molar-refractivity contribution in [2.75, 3.05) is 19.0 Å². The molecule has 2 rings (SSSR count). The van der Waals surface area contributed by atoms with Gasteiger partial charge < -0.3 is 15.4 Å². The molecule has 0 aliphatic carbocycles. The van der Waals surface area contributed by atoms with Crippen molar-refractivity contribution in [1.82, 2.24) is 5.32 Å². The van der Waals surface area contributed by atoms with E-state index in [1.54, 1.807) is 42.5 Å². The first-order valence-electron chi connectivity index (χ1n) is 7.12. The molecular weight excluding hydrogens is 351 g/mol. The van der Waals surface area contributed by atoms with E-state index in [9.17, 15) is 9.59 Å². The highest BCUT2D eigenvalue weighted by molar-refractivity contribution is 6.32. The van der Waals surface area contributed by atoms with Crippen LogP contribution in [-0.2, 0) is 16.0 Å². The third-order valence-electron chi connectivity index (χ3n) is 3.16. The number of methoxy groups -OCH3 is 1. The maximum absolute atomic E-state index is 11.9. The highest BCUT2D eigenvalue weighted by atomic mass is 35.5. The van der Waals surface area contributed by atoms with Gasteiger partial charge in [0.05, 0.1) is 25.1 Å². The van der Waals surface area contributed by atoms with Crippen LogP contribution in [0, 0.1) is 0 Å². The second kappa shape index (κ2) is 8.57. The summed E-state index contributed by atoms with van der Waals surface area (Å²) in [5.41, 5.74) is 1.34. The molecule has 0 saturated heterocycles. The Morgan fingerprint density at radius 1 is 1.04 bits per heavy atom. The summed E-state index contributed by atoms with van der Waals surface area (Å²) in [6.45, 7) is -0.129. The smallest absolute Gasteiger partial charge is 0.243 e. The minimum Gasteiger partial charge on any atom is -0.495 e. The monoisotopic (exact) mass is 366 g/mol. The molecule has 0 aliphatic heterocycles. The molecule has 126 valence electrons. The molecule has 2 aromatic carbocycles. The Morgan fingerprint density at radius 3 is 2.38 bits per heavy atom. The number of carbonyl (C=O) groups excluding carboxylic acids is 2. The van der Waals surface area contributed by atoms with Gasteiger partial charge in [0.1, 0.15) is 5.75 Å². The molecule has 0 fully saturated rings. The fraction of sp³-hybridized carbons (Fsp3) is 0.176. The largest absolute Gasteiger partial charge is 0.495 e. The van der Waals surface area contributed by atoms with Gasteiger partial charge in [-0.2, -0.15) is 0 Å². The van der Waals surface area contributed by atoms with E-state index in [1.165, 1.54) is 7.11 Å². The van der Waals surface area contributed by atoms with Crippen LogP contribution < -0.4 is 15.4 Å². The fourth-order valence-electron chi connectivity index (χ4n) is 1.98. The highest BCUT2D eigenvalue weighted by Crippen LogP contribution is 2.27. The Kier molecular flexibility index (Phi) is 6.46. The van der Waals surface area contributed by atoms with E-state index in [4.69, 9.17) is 27.9 Å². The maximum atomic E-state index is 11.9. The Morgan fingerprint density at radius 2 is 1.75 bits per heavy atom. The van der Waals surface area contributed by atoms with Gasteiger partial charge in [0, 0.05) is 10.7 Å². The molecule has 24 heavy (non-hydrogen) atoms. The highest BCUT2D eigenvalue weighted by Gasteiger charge is 2.08. The topological polar surface area (TPSA) is 67.4 Å². The van der Waals surface area contributed by atoms with Crippen LogP contribution in [0.4, 0.5) is 5.69 Å². The normalized spacial score (nSPS) is 10.1. The van der Waals surface area contributed by atoms with Crippen molar-refractivity contribution < 1.29 is 14.3 Å². The summed E-state index contributed by atoms with van der Waals surface area (Å²) in [4.78, 5) is 23.7. The number of hydrogen-bond acceptors (Lipinski definition) is 3. The molecule has 0 atom stereocenters. The standard InChI is InChI=1S/C17H16Cl2N2O3/c1-24-15-7-6-13(9-14(15)19)21-17(23)10-20-16(22)8-11-2-4-12(18)5-3-11/h2-7,9H,8,10H2,1H3,(H,20,22)(H,21,23). The van der Waals surface area contributed by atoms with E-state index in [1.807, 2.05) is 0 Å². The van der Waals surface area contributed by atoms with Crippen molar-refractivity contribution in [3.63, 3.8) is 0 Å². The van der Waals surface area contributed by atoms with Crippen molar-refractivity contribution in [3.8, 4) is 5.75 Å². The van der Waals surface area contributed by atoms with Gasteiger partial charge in [0.2, 0.25) is 11.8 Å². The number of nitrogens with one attached hydrogen (secondary N) is 2. The third kappa shape index (κ3) is 5.44. The minimum atomic E-state index is -0.347. The van der Waals surface area contributed by atoms with E-state index in [0.717, 1.165) is 5.56 Å². The van der Waals surface area contributed by atoms with Crippen LogP contribution in [0.3, 0.4) is 0 Å². The molecule has 0 spiro atoms. The summed E-state index contributed by atoms with van der Waals surface area (Å²) in [6.07, 6.45) is 0.179. The quantitative estimate of drug-likeness (QED) is 0.823. The van der Waals surface area contributed by atoms with E-state index in [0.29, 0.717) is 21.5 Å². The minimum absolute atomic E-state index is 0.129. The number of anilines is 1. The van der Waals surface area contributed by atoms with Gasteiger partial charge in [-0.3, -0.25) is 9.59 Å².